The fourth-order valence-electron chi connectivity index (χ4n) is 3.95. The molecule has 2 aliphatic rings. The number of rotatable bonds is 4. The maximum Gasteiger partial charge on any atom is 0.326 e. The molecule has 0 atom stereocenters. The number of para-hydroxylation sites is 2. The lowest BCUT2D eigenvalue weighted by Gasteiger charge is -2.34. The van der Waals surface area contributed by atoms with Crippen LogP contribution >= 0.6 is 0 Å². The molecule has 0 amide bonds. The molecule has 2 aromatic rings. The predicted octanol–water partition coefficient (Wildman–Crippen LogP) is 1.30. The number of benzene rings is 1. The Morgan fingerprint density at radius 3 is 2.42 bits per heavy atom. The summed E-state index contributed by atoms with van der Waals surface area (Å²) in [5, 5.41) is 0. The Balaban J connectivity index is 1.35. The first-order valence-corrected chi connectivity index (χ1v) is 9.03. The van der Waals surface area contributed by atoms with E-state index in [4.69, 9.17) is 4.74 Å². The number of H-pyrrole nitrogens is 1. The van der Waals surface area contributed by atoms with E-state index in [1.165, 1.54) is 0 Å². The first kappa shape index (κ1) is 15.9. The van der Waals surface area contributed by atoms with Crippen LogP contribution in [0.4, 0.5) is 0 Å². The smallest absolute Gasteiger partial charge is 0.326 e. The van der Waals surface area contributed by atoms with Gasteiger partial charge in [-0.2, -0.15) is 0 Å². The third-order valence-corrected chi connectivity index (χ3v) is 5.38. The number of nitrogens with zero attached hydrogens (tertiary/aromatic N) is 3. The second-order valence-electron chi connectivity index (χ2n) is 6.84. The highest BCUT2D eigenvalue weighted by Crippen LogP contribution is 2.24. The van der Waals surface area contributed by atoms with Crippen molar-refractivity contribution < 1.29 is 4.74 Å². The van der Waals surface area contributed by atoms with Gasteiger partial charge in [0.2, 0.25) is 0 Å². The molecular formula is C18H26N4O2. The van der Waals surface area contributed by atoms with Crippen molar-refractivity contribution in [2.75, 3.05) is 52.5 Å². The zero-order chi connectivity index (χ0) is 16.4. The SMILES string of the molecule is O=c1[nH]c2ccccc2n1C1CCN(CCN2CCOCC2)CC1. The minimum Gasteiger partial charge on any atom is -0.379 e. The molecule has 1 aromatic heterocycles. The van der Waals surface area contributed by atoms with Crippen LogP contribution in [-0.2, 0) is 4.74 Å². The van der Waals surface area contributed by atoms with Gasteiger partial charge in [-0.05, 0) is 25.0 Å². The third kappa shape index (κ3) is 3.27. The monoisotopic (exact) mass is 330 g/mol. The summed E-state index contributed by atoms with van der Waals surface area (Å²) >= 11 is 0. The van der Waals surface area contributed by atoms with E-state index >= 15 is 0 Å². The van der Waals surface area contributed by atoms with E-state index in [1.54, 1.807) is 0 Å². The van der Waals surface area contributed by atoms with Crippen LogP contribution in [0.5, 0.6) is 0 Å². The van der Waals surface area contributed by atoms with E-state index in [1.807, 2.05) is 28.8 Å². The number of aromatic nitrogens is 2. The van der Waals surface area contributed by atoms with Crippen molar-refractivity contribution in [1.82, 2.24) is 19.4 Å². The Kier molecular flexibility index (Phi) is 4.69. The van der Waals surface area contributed by atoms with E-state index in [9.17, 15) is 4.79 Å². The highest BCUT2D eigenvalue weighted by atomic mass is 16.5. The maximum absolute atomic E-state index is 12.3. The van der Waals surface area contributed by atoms with Gasteiger partial charge in [0.05, 0.1) is 24.2 Å². The van der Waals surface area contributed by atoms with Crippen LogP contribution in [0.1, 0.15) is 18.9 Å². The number of hydrogen-bond donors (Lipinski definition) is 1. The van der Waals surface area contributed by atoms with E-state index < -0.39 is 0 Å². The van der Waals surface area contributed by atoms with Gasteiger partial charge < -0.3 is 14.6 Å². The van der Waals surface area contributed by atoms with E-state index in [0.29, 0.717) is 6.04 Å². The highest BCUT2D eigenvalue weighted by Gasteiger charge is 2.23. The van der Waals surface area contributed by atoms with Crippen molar-refractivity contribution >= 4 is 11.0 Å². The Bertz CT molecular complexity index is 724. The van der Waals surface area contributed by atoms with E-state index in [-0.39, 0.29) is 5.69 Å². The van der Waals surface area contributed by atoms with Gasteiger partial charge in [0.15, 0.2) is 0 Å². The molecule has 1 N–H and O–H groups in total. The molecule has 1 aromatic carbocycles. The lowest BCUT2D eigenvalue weighted by molar-refractivity contribution is 0.0316. The summed E-state index contributed by atoms with van der Waals surface area (Å²) in [5.41, 5.74) is 2.01. The number of ether oxygens (including phenoxy) is 1. The van der Waals surface area contributed by atoms with Gasteiger partial charge in [0.25, 0.3) is 0 Å². The largest absolute Gasteiger partial charge is 0.379 e. The van der Waals surface area contributed by atoms with Crippen molar-refractivity contribution in [3.63, 3.8) is 0 Å². The average molecular weight is 330 g/mol. The summed E-state index contributed by atoms with van der Waals surface area (Å²) in [4.78, 5) is 20.3. The molecule has 2 fully saturated rings. The number of aromatic amines is 1. The highest BCUT2D eigenvalue weighted by molar-refractivity contribution is 5.75. The molecule has 3 heterocycles. The molecular weight excluding hydrogens is 304 g/mol. The van der Waals surface area contributed by atoms with Gasteiger partial charge in [-0.15, -0.1) is 0 Å². The van der Waals surface area contributed by atoms with Gasteiger partial charge in [-0.25, -0.2) is 4.79 Å². The quantitative estimate of drug-likeness (QED) is 0.918. The Morgan fingerprint density at radius 2 is 1.67 bits per heavy atom. The van der Waals surface area contributed by atoms with Crippen LogP contribution in [0, 0.1) is 0 Å². The van der Waals surface area contributed by atoms with Crippen LogP contribution < -0.4 is 5.69 Å². The molecule has 4 rings (SSSR count). The van der Waals surface area contributed by atoms with Crippen molar-refractivity contribution in [3.05, 3.63) is 34.7 Å². The molecule has 0 unspecified atom stereocenters. The minimum absolute atomic E-state index is 0.0305. The normalized spacial score (nSPS) is 21.5. The second-order valence-corrected chi connectivity index (χ2v) is 6.84. The first-order valence-electron chi connectivity index (χ1n) is 9.03. The van der Waals surface area contributed by atoms with Crippen LogP contribution in [0.3, 0.4) is 0 Å². The molecule has 0 spiro atoms. The number of morpholine rings is 1. The lowest BCUT2D eigenvalue weighted by atomic mass is 10.0. The average Bonchev–Trinajstić information content (AvgIpc) is 2.97. The molecule has 0 aliphatic carbocycles. The van der Waals surface area contributed by atoms with Crippen LogP contribution in [0.25, 0.3) is 11.0 Å². The zero-order valence-electron chi connectivity index (χ0n) is 14.1. The summed E-state index contributed by atoms with van der Waals surface area (Å²) < 4.78 is 7.37. The molecule has 2 saturated heterocycles. The van der Waals surface area contributed by atoms with Gasteiger partial charge in [-0.3, -0.25) is 9.47 Å². The Morgan fingerprint density at radius 1 is 1.00 bits per heavy atom. The zero-order valence-corrected chi connectivity index (χ0v) is 14.1. The minimum atomic E-state index is 0.0305. The Labute approximate surface area is 142 Å². The fourth-order valence-corrected chi connectivity index (χ4v) is 3.95. The van der Waals surface area contributed by atoms with Crippen LogP contribution in [0.15, 0.2) is 29.1 Å². The number of piperidine rings is 1. The number of fused-ring (bicyclic) bond motifs is 1. The van der Waals surface area contributed by atoms with Crippen molar-refractivity contribution in [2.45, 2.75) is 18.9 Å². The van der Waals surface area contributed by atoms with Gasteiger partial charge >= 0.3 is 5.69 Å². The van der Waals surface area contributed by atoms with Crippen molar-refractivity contribution in [2.24, 2.45) is 0 Å². The molecule has 0 radical (unpaired) electrons. The number of imidazole rings is 1. The standard InChI is InChI=1S/C18H26N4O2/c23-18-19-16-3-1-2-4-17(16)22(18)15-5-7-20(8-6-15)9-10-21-11-13-24-14-12-21/h1-4,15H,5-14H2,(H,19,23). The van der Waals surface area contributed by atoms with Gasteiger partial charge in [-0.1, -0.05) is 12.1 Å². The number of likely N-dealkylation sites (tertiary alicyclic amines) is 1. The second kappa shape index (κ2) is 7.09. The number of nitrogens with one attached hydrogen (secondary N) is 1. The summed E-state index contributed by atoms with van der Waals surface area (Å²) in [6.45, 7) is 8.23. The lowest BCUT2D eigenvalue weighted by Crippen LogP contribution is -2.44. The summed E-state index contributed by atoms with van der Waals surface area (Å²) in [6.07, 6.45) is 2.09. The third-order valence-electron chi connectivity index (χ3n) is 5.38. The Hall–Kier alpha value is -1.63. The van der Waals surface area contributed by atoms with E-state index in [0.717, 1.165) is 76.4 Å². The van der Waals surface area contributed by atoms with Crippen LogP contribution in [-0.4, -0.2) is 71.8 Å². The molecule has 0 saturated carbocycles. The van der Waals surface area contributed by atoms with Crippen molar-refractivity contribution in [3.8, 4) is 0 Å². The predicted molar refractivity (Wildman–Crippen MR) is 94.5 cm³/mol. The summed E-state index contributed by atoms with van der Waals surface area (Å²) in [5.74, 6) is 0. The summed E-state index contributed by atoms with van der Waals surface area (Å²) in [6, 6.07) is 8.30. The topological polar surface area (TPSA) is 53.5 Å². The maximum atomic E-state index is 12.3. The first-order chi connectivity index (χ1) is 11.8. The number of hydrogen-bond acceptors (Lipinski definition) is 4. The molecule has 2 aliphatic heterocycles. The van der Waals surface area contributed by atoms with Crippen molar-refractivity contribution in [1.29, 1.82) is 0 Å². The van der Waals surface area contributed by atoms with Gasteiger partial charge in [0, 0.05) is 45.3 Å². The molecule has 24 heavy (non-hydrogen) atoms. The van der Waals surface area contributed by atoms with Crippen LogP contribution in [0.2, 0.25) is 0 Å². The summed E-state index contributed by atoms with van der Waals surface area (Å²) in [7, 11) is 0. The fraction of sp³-hybridized carbons (Fsp3) is 0.611. The van der Waals surface area contributed by atoms with E-state index in [2.05, 4.69) is 14.8 Å². The molecule has 6 nitrogen and oxygen atoms in total. The molecule has 130 valence electrons. The molecule has 6 heteroatoms. The molecule has 0 bridgehead atoms. The van der Waals surface area contributed by atoms with Gasteiger partial charge in [0.1, 0.15) is 0 Å².